The van der Waals surface area contributed by atoms with Crippen LogP contribution in [0.3, 0.4) is 0 Å². The molecule has 1 aromatic heterocycles. The van der Waals surface area contributed by atoms with Crippen molar-refractivity contribution < 1.29 is 0 Å². The zero-order valence-electron chi connectivity index (χ0n) is 9.97. The maximum Gasteiger partial charge on any atom is 0.0630 e. The summed E-state index contributed by atoms with van der Waals surface area (Å²) >= 11 is 0. The molecule has 76 valence electrons. The van der Waals surface area contributed by atoms with E-state index in [9.17, 15) is 0 Å². The Labute approximate surface area is 82.0 Å². The first-order chi connectivity index (χ1) is 5.91. The number of aryl methyl sites for hydroxylation is 2. The number of hydrogen-bond donors (Lipinski definition) is 0. The van der Waals surface area contributed by atoms with Gasteiger partial charge in [0.05, 0.1) is 5.69 Å². The molecule has 0 saturated heterocycles. The Morgan fingerprint density at radius 2 is 1.69 bits per heavy atom. The average molecular weight is 182 g/mol. The highest BCUT2D eigenvalue weighted by molar-refractivity contribution is 5.23. The van der Waals surface area contributed by atoms with Crippen molar-refractivity contribution in [3.8, 4) is 0 Å². The Balaban J connectivity index is 0.000000671. The van der Waals surface area contributed by atoms with Gasteiger partial charge >= 0.3 is 0 Å². The molecule has 0 bridgehead atoms. The third kappa shape index (κ3) is 3.21. The van der Waals surface area contributed by atoms with E-state index in [2.05, 4.69) is 39.0 Å². The zero-order chi connectivity index (χ0) is 10.6. The molecule has 0 N–H and O–H groups in total. The van der Waals surface area contributed by atoms with Gasteiger partial charge in [-0.05, 0) is 17.9 Å². The molecule has 0 amide bonds. The predicted octanol–water partition coefficient (Wildman–Crippen LogP) is 3.05. The molecule has 1 rings (SSSR count). The van der Waals surface area contributed by atoms with Crippen molar-refractivity contribution >= 4 is 0 Å². The van der Waals surface area contributed by atoms with E-state index in [1.807, 2.05) is 25.6 Å². The third-order valence-electron chi connectivity index (χ3n) is 1.82. The summed E-state index contributed by atoms with van der Waals surface area (Å²) in [4.78, 5) is 0. The van der Waals surface area contributed by atoms with E-state index < -0.39 is 0 Å². The summed E-state index contributed by atoms with van der Waals surface area (Å²) in [6.45, 7) is 12.7. The number of aromatic nitrogens is 2. The molecule has 0 fully saturated rings. The third-order valence-corrected chi connectivity index (χ3v) is 1.82. The van der Waals surface area contributed by atoms with Crippen LogP contribution in [0.1, 0.15) is 45.9 Å². The summed E-state index contributed by atoms with van der Waals surface area (Å²) in [6, 6.07) is 0. The SMILES string of the molecule is CC.Cc1nn(C)cc1C(C)(C)C. The van der Waals surface area contributed by atoms with E-state index in [0.29, 0.717) is 0 Å². The number of rotatable bonds is 0. The molecule has 0 unspecified atom stereocenters. The summed E-state index contributed by atoms with van der Waals surface area (Å²) < 4.78 is 1.87. The van der Waals surface area contributed by atoms with Gasteiger partial charge in [-0.3, -0.25) is 4.68 Å². The molecular weight excluding hydrogens is 160 g/mol. The second-order valence-electron chi connectivity index (χ2n) is 4.05. The topological polar surface area (TPSA) is 17.8 Å². The van der Waals surface area contributed by atoms with Crippen LogP contribution < -0.4 is 0 Å². The lowest BCUT2D eigenvalue weighted by atomic mass is 9.88. The highest BCUT2D eigenvalue weighted by Gasteiger charge is 2.18. The molecule has 0 aliphatic rings. The number of hydrogen-bond acceptors (Lipinski definition) is 1. The van der Waals surface area contributed by atoms with E-state index in [4.69, 9.17) is 0 Å². The van der Waals surface area contributed by atoms with Crippen LogP contribution in [-0.4, -0.2) is 9.78 Å². The van der Waals surface area contributed by atoms with Crippen LogP contribution >= 0.6 is 0 Å². The van der Waals surface area contributed by atoms with E-state index in [-0.39, 0.29) is 5.41 Å². The Hall–Kier alpha value is -0.790. The van der Waals surface area contributed by atoms with Gasteiger partial charge in [-0.15, -0.1) is 0 Å². The molecule has 2 heteroatoms. The Morgan fingerprint density at radius 3 is 1.85 bits per heavy atom. The van der Waals surface area contributed by atoms with Crippen LogP contribution in [0.25, 0.3) is 0 Å². The molecular formula is C11H22N2. The van der Waals surface area contributed by atoms with Gasteiger partial charge in [0, 0.05) is 13.2 Å². The van der Waals surface area contributed by atoms with E-state index in [1.165, 1.54) is 5.56 Å². The molecule has 0 aliphatic carbocycles. The number of nitrogens with zero attached hydrogens (tertiary/aromatic N) is 2. The fourth-order valence-corrected chi connectivity index (χ4v) is 1.34. The fraction of sp³-hybridized carbons (Fsp3) is 0.727. The van der Waals surface area contributed by atoms with Crippen LogP contribution in [0.5, 0.6) is 0 Å². The van der Waals surface area contributed by atoms with Crippen molar-refractivity contribution in [3.63, 3.8) is 0 Å². The quantitative estimate of drug-likeness (QED) is 0.603. The summed E-state index contributed by atoms with van der Waals surface area (Å²) in [5, 5.41) is 4.29. The van der Waals surface area contributed by atoms with Gasteiger partial charge in [-0.2, -0.15) is 5.10 Å². The van der Waals surface area contributed by atoms with Crippen LogP contribution in [-0.2, 0) is 12.5 Å². The second-order valence-corrected chi connectivity index (χ2v) is 4.05. The molecule has 0 atom stereocenters. The minimum atomic E-state index is 0.221. The van der Waals surface area contributed by atoms with Crippen molar-refractivity contribution in [2.75, 3.05) is 0 Å². The van der Waals surface area contributed by atoms with Crippen molar-refractivity contribution in [2.45, 2.75) is 47.0 Å². The van der Waals surface area contributed by atoms with E-state index in [1.54, 1.807) is 0 Å². The Morgan fingerprint density at radius 1 is 1.23 bits per heavy atom. The normalized spacial score (nSPS) is 10.7. The Bertz CT molecular complexity index is 254. The Kier molecular flexibility index (Phi) is 4.18. The molecule has 1 aromatic rings. The largest absolute Gasteiger partial charge is 0.275 e. The van der Waals surface area contributed by atoms with Gasteiger partial charge in [0.1, 0.15) is 0 Å². The molecule has 13 heavy (non-hydrogen) atoms. The lowest BCUT2D eigenvalue weighted by Crippen LogP contribution is -2.11. The highest BCUT2D eigenvalue weighted by Crippen LogP contribution is 2.23. The van der Waals surface area contributed by atoms with Crippen molar-refractivity contribution in [1.29, 1.82) is 0 Å². The molecule has 0 aromatic carbocycles. The lowest BCUT2D eigenvalue weighted by Gasteiger charge is -2.16. The molecule has 0 radical (unpaired) electrons. The smallest absolute Gasteiger partial charge is 0.0630 e. The summed E-state index contributed by atoms with van der Waals surface area (Å²) in [7, 11) is 1.96. The minimum Gasteiger partial charge on any atom is -0.275 e. The summed E-state index contributed by atoms with van der Waals surface area (Å²) in [5.74, 6) is 0. The summed E-state index contributed by atoms with van der Waals surface area (Å²) in [5.41, 5.74) is 2.69. The van der Waals surface area contributed by atoms with Crippen LogP contribution in [0.2, 0.25) is 0 Å². The van der Waals surface area contributed by atoms with Crippen LogP contribution in [0.4, 0.5) is 0 Å². The first-order valence-corrected chi connectivity index (χ1v) is 4.92. The molecule has 0 aliphatic heterocycles. The van der Waals surface area contributed by atoms with Crippen molar-refractivity contribution in [3.05, 3.63) is 17.5 Å². The van der Waals surface area contributed by atoms with Crippen LogP contribution in [0.15, 0.2) is 6.20 Å². The van der Waals surface area contributed by atoms with Gasteiger partial charge in [0.15, 0.2) is 0 Å². The van der Waals surface area contributed by atoms with Gasteiger partial charge in [0.25, 0.3) is 0 Å². The van der Waals surface area contributed by atoms with Gasteiger partial charge in [-0.25, -0.2) is 0 Å². The monoisotopic (exact) mass is 182 g/mol. The first kappa shape index (κ1) is 12.2. The molecule has 0 spiro atoms. The van der Waals surface area contributed by atoms with Gasteiger partial charge in [-0.1, -0.05) is 34.6 Å². The van der Waals surface area contributed by atoms with Gasteiger partial charge < -0.3 is 0 Å². The standard InChI is InChI=1S/C9H16N2.C2H6/c1-7-8(9(2,3)4)6-11(5)10-7;1-2/h6H,1-5H3;1-2H3. The zero-order valence-corrected chi connectivity index (χ0v) is 9.97. The molecule has 0 saturated carbocycles. The maximum absolute atomic E-state index is 4.29. The van der Waals surface area contributed by atoms with E-state index >= 15 is 0 Å². The first-order valence-electron chi connectivity index (χ1n) is 4.92. The van der Waals surface area contributed by atoms with Crippen molar-refractivity contribution in [2.24, 2.45) is 7.05 Å². The maximum atomic E-state index is 4.29. The highest BCUT2D eigenvalue weighted by atomic mass is 15.2. The van der Waals surface area contributed by atoms with Crippen LogP contribution in [0, 0.1) is 6.92 Å². The lowest BCUT2D eigenvalue weighted by molar-refractivity contribution is 0.585. The van der Waals surface area contributed by atoms with Crippen molar-refractivity contribution in [1.82, 2.24) is 9.78 Å². The molecule has 2 nitrogen and oxygen atoms in total. The summed E-state index contributed by atoms with van der Waals surface area (Å²) in [6.07, 6.45) is 2.09. The molecule has 1 heterocycles. The van der Waals surface area contributed by atoms with E-state index in [0.717, 1.165) is 5.69 Å². The second kappa shape index (κ2) is 4.45. The minimum absolute atomic E-state index is 0.221. The van der Waals surface area contributed by atoms with Gasteiger partial charge in [0.2, 0.25) is 0 Å². The fourth-order valence-electron chi connectivity index (χ4n) is 1.34. The average Bonchev–Trinajstić information content (AvgIpc) is 2.33. The predicted molar refractivity (Wildman–Crippen MR) is 58.0 cm³/mol.